The standard InChI is InChI=1S/C10H7Br2FN2/c11-4-8-5-15(6-14-8)10-3-7(13)1-2-9(10)12/h1-3,5-6H,4H2. The lowest BCUT2D eigenvalue weighted by Crippen LogP contribution is -1.92. The summed E-state index contributed by atoms with van der Waals surface area (Å²) >= 11 is 6.69. The first kappa shape index (κ1) is 10.8. The molecule has 0 fully saturated rings. The summed E-state index contributed by atoms with van der Waals surface area (Å²) in [6.07, 6.45) is 3.52. The Morgan fingerprint density at radius 3 is 2.87 bits per heavy atom. The summed E-state index contributed by atoms with van der Waals surface area (Å²) in [6, 6.07) is 4.55. The van der Waals surface area contributed by atoms with Crippen LogP contribution in [0.15, 0.2) is 35.2 Å². The third-order valence-electron chi connectivity index (χ3n) is 1.96. The fourth-order valence-corrected chi connectivity index (χ4v) is 1.99. The van der Waals surface area contributed by atoms with Crippen LogP contribution in [-0.4, -0.2) is 9.55 Å². The minimum Gasteiger partial charge on any atom is -0.305 e. The molecule has 2 nitrogen and oxygen atoms in total. The van der Waals surface area contributed by atoms with Gasteiger partial charge in [-0.15, -0.1) is 0 Å². The van der Waals surface area contributed by atoms with E-state index >= 15 is 0 Å². The van der Waals surface area contributed by atoms with Gasteiger partial charge in [0, 0.05) is 16.0 Å². The third-order valence-corrected chi connectivity index (χ3v) is 3.20. The Morgan fingerprint density at radius 1 is 1.40 bits per heavy atom. The van der Waals surface area contributed by atoms with Crippen LogP contribution < -0.4 is 0 Å². The van der Waals surface area contributed by atoms with Crippen molar-refractivity contribution in [2.75, 3.05) is 0 Å². The summed E-state index contributed by atoms with van der Waals surface area (Å²) < 4.78 is 15.7. The van der Waals surface area contributed by atoms with Gasteiger partial charge in [0.05, 0.1) is 17.7 Å². The zero-order valence-electron chi connectivity index (χ0n) is 7.62. The number of aromatic nitrogens is 2. The van der Waals surface area contributed by atoms with E-state index in [1.54, 1.807) is 17.0 Å². The molecule has 0 radical (unpaired) electrons. The molecule has 0 amide bonds. The van der Waals surface area contributed by atoms with E-state index in [4.69, 9.17) is 0 Å². The highest BCUT2D eigenvalue weighted by Crippen LogP contribution is 2.22. The quantitative estimate of drug-likeness (QED) is 0.767. The van der Waals surface area contributed by atoms with Crippen LogP contribution in [0.4, 0.5) is 4.39 Å². The molecule has 2 aromatic rings. The molecule has 1 aromatic heterocycles. The average molecular weight is 334 g/mol. The number of nitrogens with zero attached hydrogens (tertiary/aromatic N) is 2. The van der Waals surface area contributed by atoms with Crippen LogP contribution >= 0.6 is 31.9 Å². The fourth-order valence-electron chi connectivity index (χ4n) is 1.25. The molecule has 0 unspecified atom stereocenters. The van der Waals surface area contributed by atoms with Crippen molar-refractivity contribution in [1.82, 2.24) is 9.55 Å². The highest BCUT2D eigenvalue weighted by Gasteiger charge is 2.05. The maximum absolute atomic E-state index is 13.1. The van der Waals surface area contributed by atoms with Crippen LogP contribution in [0.1, 0.15) is 5.69 Å². The van der Waals surface area contributed by atoms with Crippen molar-refractivity contribution in [3.05, 3.63) is 46.7 Å². The minimum atomic E-state index is -0.262. The van der Waals surface area contributed by atoms with Gasteiger partial charge in [0.1, 0.15) is 5.82 Å². The van der Waals surface area contributed by atoms with E-state index in [1.807, 2.05) is 6.20 Å². The Morgan fingerprint density at radius 2 is 2.20 bits per heavy atom. The molecule has 1 aromatic carbocycles. The lowest BCUT2D eigenvalue weighted by molar-refractivity contribution is 0.626. The van der Waals surface area contributed by atoms with Crippen molar-refractivity contribution >= 4 is 31.9 Å². The highest BCUT2D eigenvalue weighted by molar-refractivity contribution is 9.10. The summed E-state index contributed by atoms with van der Waals surface area (Å²) in [5, 5.41) is 0.687. The van der Waals surface area contributed by atoms with E-state index in [1.165, 1.54) is 12.1 Å². The minimum absolute atomic E-state index is 0.262. The van der Waals surface area contributed by atoms with Crippen LogP contribution in [0, 0.1) is 5.82 Å². The van der Waals surface area contributed by atoms with E-state index in [0.29, 0.717) is 5.33 Å². The molecule has 2 rings (SSSR count). The number of hydrogen-bond donors (Lipinski definition) is 0. The van der Waals surface area contributed by atoms with Gasteiger partial charge in [-0.3, -0.25) is 0 Å². The molecule has 0 saturated heterocycles. The van der Waals surface area contributed by atoms with Gasteiger partial charge in [-0.2, -0.15) is 0 Å². The lowest BCUT2D eigenvalue weighted by atomic mass is 10.3. The van der Waals surface area contributed by atoms with E-state index in [-0.39, 0.29) is 5.82 Å². The first-order valence-corrected chi connectivity index (χ1v) is 6.16. The van der Waals surface area contributed by atoms with Gasteiger partial charge >= 0.3 is 0 Å². The molecule has 78 valence electrons. The normalized spacial score (nSPS) is 10.6. The van der Waals surface area contributed by atoms with Gasteiger partial charge in [-0.1, -0.05) is 15.9 Å². The van der Waals surface area contributed by atoms with Gasteiger partial charge < -0.3 is 4.57 Å². The molecule has 0 aliphatic carbocycles. The summed E-state index contributed by atoms with van der Waals surface area (Å²) in [6.45, 7) is 0. The second-order valence-corrected chi connectivity index (χ2v) is 4.42. The molecule has 15 heavy (non-hydrogen) atoms. The van der Waals surface area contributed by atoms with Crippen molar-refractivity contribution in [3.63, 3.8) is 0 Å². The van der Waals surface area contributed by atoms with Crippen molar-refractivity contribution in [2.24, 2.45) is 0 Å². The number of halogens is 3. The van der Waals surface area contributed by atoms with Gasteiger partial charge in [-0.25, -0.2) is 9.37 Å². The molecule has 0 N–H and O–H groups in total. The van der Waals surface area contributed by atoms with E-state index < -0.39 is 0 Å². The van der Waals surface area contributed by atoms with Gasteiger partial charge in [0.2, 0.25) is 0 Å². The summed E-state index contributed by atoms with van der Waals surface area (Å²) in [4.78, 5) is 4.15. The first-order valence-electron chi connectivity index (χ1n) is 4.25. The van der Waals surface area contributed by atoms with E-state index in [0.717, 1.165) is 15.9 Å². The zero-order valence-corrected chi connectivity index (χ0v) is 10.8. The van der Waals surface area contributed by atoms with Crippen molar-refractivity contribution in [2.45, 2.75) is 5.33 Å². The maximum Gasteiger partial charge on any atom is 0.125 e. The van der Waals surface area contributed by atoms with E-state index in [2.05, 4.69) is 36.8 Å². The fraction of sp³-hybridized carbons (Fsp3) is 0.100. The average Bonchev–Trinajstić information content (AvgIpc) is 2.70. The first-order chi connectivity index (χ1) is 7.20. The number of rotatable bonds is 2. The van der Waals surface area contributed by atoms with Gasteiger partial charge in [0.15, 0.2) is 0 Å². The molecule has 0 bridgehead atoms. The Bertz CT molecular complexity index is 482. The van der Waals surface area contributed by atoms with Crippen molar-refractivity contribution in [3.8, 4) is 5.69 Å². The number of alkyl halides is 1. The monoisotopic (exact) mass is 332 g/mol. The van der Waals surface area contributed by atoms with Gasteiger partial charge in [0.25, 0.3) is 0 Å². The Kier molecular flexibility index (Phi) is 3.21. The second-order valence-electron chi connectivity index (χ2n) is 3.00. The lowest BCUT2D eigenvalue weighted by Gasteiger charge is -2.04. The molecule has 0 saturated carbocycles. The smallest absolute Gasteiger partial charge is 0.125 e. The molecular formula is C10H7Br2FN2. The Hall–Kier alpha value is -0.680. The van der Waals surface area contributed by atoms with Crippen LogP contribution in [0.25, 0.3) is 5.69 Å². The third kappa shape index (κ3) is 2.29. The van der Waals surface area contributed by atoms with Crippen LogP contribution in [-0.2, 0) is 5.33 Å². The van der Waals surface area contributed by atoms with Crippen LogP contribution in [0.3, 0.4) is 0 Å². The SMILES string of the molecule is Fc1ccc(Br)c(-n2cnc(CBr)c2)c1. The summed E-state index contributed by atoms with van der Waals surface area (Å²) in [5.41, 5.74) is 1.65. The molecule has 0 aliphatic heterocycles. The predicted molar refractivity (Wildman–Crippen MR) is 63.9 cm³/mol. The Labute approximate surface area is 103 Å². The van der Waals surface area contributed by atoms with Gasteiger partial charge in [-0.05, 0) is 34.1 Å². The molecule has 1 heterocycles. The topological polar surface area (TPSA) is 17.8 Å². The summed E-state index contributed by atoms with van der Waals surface area (Å²) in [5.74, 6) is -0.262. The molecule has 0 spiro atoms. The highest BCUT2D eigenvalue weighted by atomic mass is 79.9. The Balaban J connectivity index is 2.48. The van der Waals surface area contributed by atoms with E-state index in [9.17, 15) is 4.39 Å². The van der Waals surface area contributed by atoms with Crippen molar-refractivity contribution in [1.29, 1.82) is 0 Å². The van der Waals surface area contributed by atoms with Crippen LogP contribution in [0.2, 0.25) is 0 Å². The van der Waals surface area contributed by atoms with Crippen molar-refractivity contribution < 1.29 is 4.39 Å². The molecule has 0 aliphatic rings. The number of imidazole rings is 1. The van der Waals surface area contributed by atoms with Crippen LogP contribution in [0.5, 0.6) is 0 Å². The summed E-state index contributed by atoms with van der Waals surface area (Å²) in [7, 11) is 0. The maximum atomic E-state index is 13.1. The number of benzene rings is 1. The second kappa shape index (κ2) is 4.45. The largest absolute Gasteiger partial charge is 0.305 e. The molecular weight excluding hydrogens is 327 g/mol. The molecule has 0 atom stereocenters. The molecule has 5 heteroatoms. The zero-order chi connectivity index (χ0) is 10.8. The predicted octanol–water partition coefficient (Wildman–Crippen LogP) is 3.67. The number of hydrogen-bond acceptors (Lipinski definition) is 1.